The van der Waals surface area contributed by atoms with Gasteiger partial charge in [-0.1, -0.05) is 43.2 Å². The maximum atomic E-state index is 6.04. The lowest BCUT2D eigenvalue weighted by molar-refractivity contribution is -0.0344. The molecule has 2 heteroatoms. The smallest absolute Gasteiger partial charge is 0.0804 e. The molecule has 17 heavy (non-hydrogen) atoms. The van der Waals surface area contributed by atoms with Gasteiger partial charge >= 0.3 is 0 Å². The van der Waals surface area contributed by atoms with Crippen molar-refractivity contribution in [3.05, 3.63) is 35.9 Å². The predicted molar refractivity (Wildman–Crippen MR) is 71.0 cm³/mol. The van der Waals surface area contributed by atoms with Crippen molar-refractivity contribution in [3.63, 3.8) is 0 Å². The summed E-state index contributed by atoms with van der Waals surface area (Å²) in [5, 5.41) is 0. The standard InChI is InChI=1S/C15H23NO/c16-13-15(10-4-5-11-15)17-12-6-9-14-7-2-1-3-8-14/h1-3,7-8H,4-6,9-13,16H2. The minimum atomic E-state index is 0.0106. The Hall–Kier alpha value is -0.860. The molecule has 0 aliphatic heterocycles. The normalized spacial score (nSPS) is 18.4. The summed E-state index contributed by atoms with van der Waals surface area (Å²) in [5.74, 6) is 0. The van der Waals surface area contributed by atoms with E-state index in [0.29, 0.717) is 6.54 Å². The van der Waals surface area contributed by atoms with Crippen molar-refractivity contribution in [3.8, 4) is 0 Å². The van der Waals surface area contributed by atoms with E-state index in [-0.39, 0.29) is 5.60 Å². The minimum absolute atomic E-state index is 0.0106. The first-order valence-electron chi connectivity index (χ1n) is 6.73. The number of hydrogen-bond donors (Lipinski definition) is 1. The number of benzene rings is 1. The van der Waals surface area contributed by atoms with E-state index in [1.54, 1.807) is 0 Å². The third-order valence-electron chi connectivity index (χ3n) is 3.75. The molecule has 0 heterocycles. The highest BCUT2D eigenvalue weighted by Gasteiger charge is 2.32. The lowest BCUT2D eigenvalue weighted by Crippen LogP contribution is -2.38. The van der Waals surface area contributed by atoms with Crippen LogP contribution in [0.1, 0.15) is 37.7 Å². The van der Waals surface area contributed by atoms with Gasteiger partial charge in [-0.05, 0) is 31.2 Å². The second-order valence-electron chi connectivity index (χ2n) is 5.03. The second kappa shape index (κ2) is 6.18. The van der Waals surface area contributed by atoms with Crippen molar-refractivity contribution in [1.29, 1.82) is 0 Å². The molecule has 1 saturated carbocycles. The number of rotatable bonds is 6. The van der Waals surface area contributed by atoms with E-state index in [1.807, 2.05) is 0 Å². The van der Waals surface area contributed by atoms with Crippen LogP contribution in [0.5, 0.6) is 0 Å². The average molecular weight is 233 g/mol. The molecule has 1 aromatic rings. The van der Waals surface area contributed by atoms with Crippen LogP contribution in [0.25, 0.3) is 0 Å². The maximum Gasteiger partial charge on any atom is 0.0804 e. The van der Waals surface area contributed by atoms with Crippen molar-refractivity contribution in [1.82, 2.24) is 0 Å². The van der Waals surface area contributed by atoms with Crippen molar-refractivity contribution < 1.29 is 4.74 Å². The van der Waals surface area contributed by atoms with Gasteiger partial charge in [0.2, 0.25) is 0 Å². The summed E-state index contributed by atoms with van der Waals surface area (Å²) in [5.41, 5.74) is 7.24. The number of ether oxygens (including phenoxy) is 1. The molecular formula is C15H23NO. The van der Waals surface area contributed by atoms with Gasteiger partial charge in [-0.25, -0.2) is 0 Å². The van der Waals surface area contributed by atoms with Gasteiger partial charge in [0.05, 0.1) is 5.60 Å². The Morgan fingerprint density at radius 2 is 1.82 bits per heavy atom. The molecule has 0 aromatic heterocycles. The summed E-state index contributed by atoms with van der Waals surface area (Å²) < 4.78 is 6.04. The fourth-order valence-electron chi connectivity index (χ4n) is 2.64. The van der Waals surface area contributed by atoms with Gasteiger partial charge < -0.3 is 10.5 Å². The molecule has 0 bridgehead atoms. The van der Waals surface area contributed by atoms with Crippen molar-refractivity contribution in [2.24, 2.45) is 5.73 Å². The Morgan fingerprint density at radius 3 is 2.47 bits per heavy atom. The summed E-state index contributed by atoms with van der Waals surface area (Å²) in [6, 6.07) is 10.6. The van der Waals surface area contributed by atoms with Gasteiger partial charge in [0, 0.05) is 13.2 Å². The van der Waals surface area contributed by atoms with Crippen molar-refractivity contribution >= 4 is 0 Å². The van der Waals surface area contributed by atoms with E-state index in [2.05, 4.69) is 30.3 Å². The Morgan fingerprint density at radius 1 is 1.12 bits per heavy atom. The molecule has 1 aromatic carbocycles. The van der Waals surface area contributed by atoms with Crippen LogP contribution in [0, 0.1) is 0 Å². The molecule has 1 aliphatic rings. The van der Waals surface area contributed by atoms with Crippen LogP contribution in [0.3, 0.4) is 0 Å². The predicted octanol–water partition coefficient (Wildman–Crippen LogP) is 2.91. The molecule has 0 unspecified atom stereocenters. The van der Waals surface area contributed by atoms with Crippen LogP contribution < -0.4 is 5.73 Å². The molecule has 0 spiro atoms. The molecule has 0 radical (unpaired) electrons. The van der Waals surface area contributed by atoms with Crippen LogP contribution >= 0.6 is 0 Å². The van der Waals surface area contributed by atoms with Crippen LogP contribution in [-0.2, 0) is 11.2 Å². The lowest BCUT2D eigenvalue weighted by Gasteiger charge is -2.27. The number of nitrogens with two attached hydrogens (primary N) is 1. The zero-order valence-electron chi connectivity index (χ0n) is 10.5. The lowest BCUT2D eigenvalue weighted by atomic mass is 10.0. The molecule has 0 amide bonds. The summed E-state index contributed by atoms with van der Waals surface area (Å²) >= 11 is 0. The molecule has 2 rings (SSSR count). The summed E-state index contributed by atoms with van der Waals surface area (Å²) in [6.07, 6.45) is 7.03. The van der Waals surface area contributed by atoms with Gasteiger partial charge in [0.1, 0.15) is 0 Å². The van der Waals surface area contributed by atoms with Crippen molar-refractivity contribution in [2.75, 3.05) is 13.2 Å². The first-order chi connectivity index (χ1) is 8.35. The Labute approximate surface area is 104 Å². The van der Waals surface area contributed by atoms with Crippen molar-refractivity contribution in [2.45, 2.75) is 44.1 Å². The molecule has 1 fully saturated rings. The van der Waals surface area contributed by atoms with Gasteiger partial charge in [-0.2, -0.15) is 0 Å². The summed E-state index contributed by atoms with van der Waals surface area (Å²) in [7, 11) is 0. The highest BCUT2D eigenvalue weighted by Crippen LogP contribution is 2.32. The van der Waals surface area contributed by atoms with E-state index >= 15 is 0 Å². The molecule has 94 valence electrons. The minimum Gasteiger partial charge on any atom is -0.374 e. The molecule has 2 nitrogen and oxygen atoms in total. The average Bonchev–Trinajstić information content (AvgIpc) is 2.85. The topological polar surface area (TPSA) is 35.2 Å². The van der Waals surface area contributed by atoms with E-state index in [1.165, 1.54) is 18.4 Å². The van der Waals surface area contributed by atoms with Gasteiger partial charge in [-0.15, -0.1) is 0 Å². The zero-order chi connectivity index (χ0) is 12.0. The maximum absolute atomic E-state index is 6.04. The van der Waals surface area contributed by atoms with E-state index in [4.69, 9.17) is 10.5 Å². The van der Waals surface area contributed by atoms with E-state index in [9.17, 15) is 0 Å². The molecular weight excluding hydrogens is 210 g/mol. The number of aryl methyl sites for hydroxylation is 1. The van der Waals surface area contributed by atoms with E-state index < -0.39 is 0 Å². The third-order valence-corrected chi connectivity index (χ3v) is 3.75. The van der Waals surface area contributed by atoms with E-state index in [0.717, 1.165) is 32.3 Å². The van der Waals surface area contributed by atoms with Gasteiger partial charge in [-0.3, -0.25) is 0 Å². The van der Waals surface area contributed by atoms with Crippen LogP contribution in [0.2, 0.25) is 0 Å². The summed E-state index contributed by atoms with van der Waals surface area (Å²) in [4.78, 5) is 0. The van der Waals surface area contributed by atoms with Crippen LogP contribution in [0.4, 0.5) is 0 Å². The number of hydrogen-bond acceptors (Lipinski definition) is 2. The molecule has 0 saturated heterocycles. The van der Waals surface area contributed by atoms with Gasteiger partial charge in [0.25, 0.3) is 0 Å². The zero-order valence-corrected chi connectivity index (χ0v) is 10.5. The van der Waals surface area contributed by atoms with Crippen LogP contribution in [0.15, 0.2) is 30.3 Å². The molecule has 2 N–H and O–H groups in total. The van der Waals surface area contributed by atoms with Gasteiger partial charge in [0.15, 0.2) is 0 Å². The largest absolute Gasteiger partial charge is 0.374 e. The second-order valence-corrected chi connectivity index (χ2v) is 5.03. The fourth-order valence-corrected chi connectivity index (χ4v) is 2.64. The fraction of sp³-hybridized carbons (Fsp3) is 0.600. The third kappa shape index (κ3) is 3.55. The molecule has 0 atom stereocenters. The highest BCUT2D eigenvalue weighted by atomic mass is 16.5. The summed E-state index contributed by atoms with van der Waals surface area (Å²) in [6.45, 7) is 1.52. The monoisotopic (exact) mass is 233 g/mol. The van der Waals surface area contributed by atoms with Crippen LogP contribution in [-0.4, -0.2) is 18.8 Å². The SMILES string of the molecule is NCC1(OCCCc2ccccc2)CCCC1. The Kier molecular flexibility index (Phi) is 4.57. The Balaban J connectivity index is 1.69. The first-order valence-corrected chi connectivity index (χ1v) is 6.73. The quantitative estimate of drug-likeness (QED) is 0.767. The Bertz CT molecular complexity index is 317. The molecule has 1 aliphatic carbocycles. The highest BCUT2D eigenvalue weighted by molar-refractivity contribution is 5.14. The first kappa shape index (κ1) is 12.6.